The van der Waals surface area contributed by atoms with Crippen LogP contribution in [0.15, 0.2) is 54.7 Å². The number of imide groups is 1. The predicted octanol–water partition coefficient (Wildman–Crippen LogP) is 2.34. The van der Waals surface area contributed by atoms with E-state index in [1.165, 1.54) is 4.90 Å². The van der Waals surface area contributed by atoms with E-state index in [1.54, 1.807) is 35.4 Å². The molecule has 3 amide bonds. The molecule has 0 bridgehead atoms. The summed E-state index contributed by atoms with van der Waals surface area (Å²) in [6.45, 7) is 0. The van der Waals surface area contributed by atoms with Crippen LogP contribution in [0.3, 0.4) is 0 Å². The predicted molar refractivity (Wildman–Crippen MR) is 104 cm³/mol. The van der Waals surface area contributed by atoms with Gasteiger partial charge in [-0.05, 0) is 41.5 Å². The van der Waals surface area contributed by atoms with E-state index >= 15 is 0 Å². The molecule has 5 rings (SSSR count). The summed E-state index contributed by atoms with van der Waals surface area (Å²) in [5, 5.41) is 0.510. The largest absolute Gasteiger partial charge is 0.368 e. The summed E-state index contributed by atoms with van der Waals surface area (Å²) in [5.41, 5.74) is 8.02. The zero-order chi connectivity index (χ0) is 19.6. The van der Waals surface area contributed by atoms with Gasteiger partial charge in [-0.25, -0.2) is 4.90 Å². The van der Waals surface area contributed by atoms with Crippen LogP contribution in [0, 0.1) is 11.8 Å². The fourth-order valence-electron chi connectivity index (χ4n) is 4.73. The zero-order valence-corrected chi connectivity index (χ0v) is 15.4. The lowest BCUT2D eigenvalue weighted by Crippen LogP contribution is -2.46. The molecular formula is C21H16ClN3O3. The van der Waals surface area contributed by atoms with Crippen molar-refractivity contribution in [3.8, 4) is 0 Å². The van der Waals surface area contributed by atoms with Crippen molar-refractivity contribution in [2.24, 2.45) is 17.6 Å². The molecule has 3 aliphatic heterocycles. The minimum atomic E-state index is -0.867. The summed E-state index contributed by atoms with van der Waals surface area (Å²) in [6, 6.07) is 12.9. The van der Waals surface area contributed by atoms with Crippen molar-refractivity contribution >= 4 is 41.1 Å². The highest BCUT2D eigenvalue weighted by molar-refractivity contribution is 6.31. The molecule has 2 N–H and O–H groups in total. The summed E-state index contributed by atoms with van der Waals surface area (Å²) in [5.74, 6) is -2.82. The Balaban J connectivity index is 1.65. The average molecular weight is 394 g/mol. The van der Waals surface area contributed by atoms with Crippen LogP contribution in [0.4, 0.5) is 5.69 Å². The van der Waals surface area contributed by atoms with Crippen molar-refractivity contribution < 1.29 is 14.4 Å². The van der Waals surface area contributed by atoms with Crippen LogP contribution in [-0.4, -0.2) is 28.7 Å². The molecule has 0 aliphatic carbocycles. The topological polar surface area (TPSA) is 83.7 Å². The molecule has 0 saturated carbocycles. The minimum Gasteiger partial charge on any atom is -0.368 e. The first kappa shape index (κ1) is 17.0. The van der Waals surface area contributed by atoms with Crippen molar-refractivity contribution in [3.05, 3.63) is 70.9 Å². The van der Waals surface area contributed by atoms with E-state index in [4.69, 9.17) is 17.3 Å². The highest BCUT2D eigenvalue weighted by Gasteiger charge is 2.64. The maximum absolute atomic E-state index is 13.4. The Morgan fingerprint density at radius 2 is 1.64 bits per heavy atom. The van der Waals surface area contributed by atoms with Gasteiger partial charge in [-0.1, -0.05) is 35.9 Å². The van der Waals surface area contributed by atoms with E-state index in [-0.39, 0.29) is 5.91 Å². The highest BCUT2D eigenvalue weighted by Crippen LogP contribution is 2.52. The number of carbonyl (C=O) groups is 3. The molecule has 28 heavy (non-hydrogen) atoms. The maximum atomic E-state index is 13.4. The Morgan fingerprint density at radius 3 is 2.36 bits per heavy atom. The molecule has 0 aromatic heterocycles. The lowest BCUT2D eigenvalue weighted by molar-refractivity contribution is -0.129. The van der Waals surface area contributed by atoms with Gasteiger partial charge in [0.15, 0.2) is 0 Å². The first-order valence-corrected chi connectivity index (χ1v) is 9.34. The molecule has 2 aromatic rings. The first-order chi connectivity index (χ1) is 13.5. The first-order valence-electron chi connectivity index (χ1n) is 8.96. The van der Waals surface area contributed by atoms with Gasteiger partial charge in [0.05, 0.1) is 23.6 Å². The van der Waals surface area contributed by atoms with Crippen LogP contribution >= 0.6 is 11.6 Å². The number of rotatable bonds is 2. The number of nitrogens with zero attached hydrogens (tertiary/aromatic N) is 2. The van der Waals surface area contributed by atoms with Crippen LogP contribution in [0.5, 0.6) is 0 Å². The molecule has 6 nitrogen and oxygen atoms in total. The van der Waals surface area contributed by atoms with Gasteiger partial charge in [-0.2, -0.15) is 0 Å². The van der Waals surface area contributed by atoms with Gasteiger partial charge in [0.2, 0.25) is 17.7 Å². The second-order valence-corrected chi connectivity index (χ2v) is 7.66. The van der Waals surface area contributed by atoms with E-state index in [0.717, 1.165) is 11.1 Å². The molecule has 4 atom stereocenters. The highest BCUT2D eigenvalue weighted by atomic mass is 35.5. The van der Waals surface area contributed by atoms with Crippen LogP contribution in [0.25, 0.3) is 6.08 Å². The second kappa shape index (κ2) is 5.94. The standard InChI is InChI=1S/C21H16ClN3O3/c22-12-5-7-13(8-6-12)25-20(27)15-16(21(25)28)18(19(23)26)24-10-9-11-3-1-2-4-14(11)17(15)24/h1-10,15-18H,(H2,23,26). The number of fused-ring (bicyclic) bond motifs is 5. The van der Waals surface area contributed by atoms with Crippen molar-refractivity contribution in [1.29, 1.82) is 0 Å². The molecule has 2 fully saturated rings. The molecular weight excluding hydrogens is 378 g/mol. The number of carbonyl (C=O) groups excluding carboxylic acids is 3. The molecule has 3 heterocycles. The van der Waals surface area contributed by atoms with E-state index in [9.17, 15) is 14.4 Å². The molecule has 4 unspecified atom stereocenters. The van der Waals surface area contributed by atoms with E-state index in [0.29, 0.717) is 10.7 Å². The minimum absolute atomic E-state index is 0.318. The van der Waals surface area contributed by atoms with Crippen molar-refractivity contribution in [1.82, 2.24) is 4.90 Å². The average Bonchev–Trinajstić information content (AvgIpc) is 3.16. The van der Waals surface area contributed by atoms with Gasteiger partial charge in [-0.3, -0.25) is 14.4 Å². The van der Waals surface area contributed by atoms with Crippen molar-refractivity contribution in [3.63, 3.8) is 0 Å². The number of halogens is 1. The third-order valence-electron chi connectivity index (χ3n) is 5.84. The molecule has 0 radical (unpaired) electrons. The molecule has 2 saturated heterocycles. The number of benzene rings is 2. The van der Waals surface area contributed by atoms with Crippen LogP contribution in [0.1, 0.15) is 17.2 Å². The lowest BCUT2D eigenvalue weighted by atomic mass is 9.84. The smallest absolute Gasteiger partial charge is 0.240 e. The fourth-order valence-corrected chi connectivity index (χ4v) is 4.85. The molecule has 3 aliphatic rings. The van der Waals surface area contributed by atoms with Crippen molar-refractivity contribution in [2.75, 3.05) is 4.90 Å². The molecule has 140 valence electrons. The van der Waals surface area contributed by atoms with Crippen molar-refractivity contribution in [2.45, 2.75) is 12.1 Å². The number of hydrogen-bond donors (Lipinski definition) is 1. The third-order valence-corrected chi connectivity index (χ3v) is 6.09. The normalized spacial score (nSPS) is 27.6. The monoisotopic (exact) mass is 393 g/mol. The summed E-state index contributed by atoms with van der Waals surface area (Å²) < 4.78 is 0. The maximum Gasteiger partial charge on any atom is 0.240 e. The van der Waals surface area contributed by atoms with Gasteiger partial charge < -0.3 is 10.6 Å². The summed E-state index contributed by atoms with van der Waals surface area (Å²) in [6.07, 6.45) is 3.66. The Bertz CT molecular complexity index is 1050. The molecule has 0 spiro atoms. The van der Waals surface area contributed by atoms with E-state index < -0.39 is 35.7 Å². The van der Waals surface area contributed by atoms with Gasteiger partial charge in [0, 0.05) is 11.2 Å². The van der Waals surface area contributed by atoms with Crippen LogP contribution < -0.4 is 10.6 Å². The third kappa shape index (κ3) is 2.18. The SMILES string of the molecule is NC(=O)C1C2C(=O)N(c3ccc(Cl)cc3)C(=O)C2C2c3ccccc3C=CN12. The Morgan fingerprint density at radius 1 is 0.964 bits per heavy atom. The van der Waals surface area contributed by atoms with Gasteiger partial charge in [0.25, 0.3) is 0 Å². The number of primary amides is 1. The molecule has 7 heteroatoms. The van der Waals surface area contributed by atoms with Gasteiger partial charge >= 0.3 is 0 Å². The zero-order valence-electron chi connectivity index (χ0n) is 14.7. The molecule has 2 aromatic carbocycles. The number of nitrogens with two attached hydrogens (primary N) is 1. The number of amides is 3. The second-order valence-electron chi connectivity index (χ2n) is 7.22. The summed E-state index contributed by atoms with van der Waals surface area (Å²) in [4.78, 5) is 41.9. The number of hydrogen-bond acceptors (Lipinski definition) is 4. The van der Waals surface area contributed by atoms with Gasteiger partial charge in [-0.15, -0.1) is 0 Å². The van der Waals surface area contributed by atoms with E-state index in [2.05, 4.69) is 0 Å². The number of anilines is 1. The van der Waals surface area contributed by atoms with E-state index in [1.807, 2.05) is 30.3 Å². The van der Waals surface area contributed by atoms with Crippen LogP contribution in [0.2, 0.25) is 5.02 Å². The Kier molecular flexibility index (Phi) is 3.61. The quantitative estimate of drug-likeness (QED) is 0.794. The fraction of sp³-hybridized carbons (Fsp3) is 0.190. The summed E-state index contributed by atoms with van der Waals surface area (Å²) >= 11 is 5.94. The Hall–Kier alpha value is -3.12. The van der Waals surface area contributed by atoms with Crippen LogP contribution in [-0.2, 0) is 14.4 Å². The van der Waals surface area contributed by atoms with Gasteiger partial charge in [0.1, 0.15) is 6.04 Å². The summed E-state index contributed by atoms with van der Waals surface area (Å²) in [7, 11) is 0. The lowest BCUT2D eigenvalue weighted by Gasteiger charge is -2.34. The Labute approximate surface area is 166 Å².